The third-order valence-corrected chi connectivity index (χ3v) is 3.49. The fourth-order valence-corrected chi connectivity index (χ4v) is 2.37. The Morgan fingerprint density at radius 3 is 2.45 bits per heavy atom. The van der Waals surface area contributed by atoms with E-state index in [-0.39, 0.29) is 24.4 Å². The molecule has 0 aliphatic heterocycles. The van der Waals surface area contributed by atoms with Gasteiger partial charge in [0.15, 0.2) is 0 Å². The monoisotopic (exact) mass is 291 g/mol. The molecule has 0 heterocycles. The Balaban J connectivity index is 2.14. The number of phenols is 1. The van der Waals surface area contributed by atoms with Gasteiger partial charge in [0.05, 0.1) is 12.6 Å². The largest absolute Gasteiger partial charge is 0.508 e. The van der Waals surface area contributed by atoms with Crippen molar-refractivity contribution < 1.29 is 10.2 Å². The van der Waals surface area contributed by atoms with E-state index < -0.39 is 0 Å². The smallest absolute Gasteiger partial charge is 0.115 e. The van der Waals surface area contributed by atoms with Crippen LogP contribution in [0.25, 0.3) is 0 Å². The summed E-state index contributed by atoms with van der Waals surface area (Å²) in [6.07, 6.45) is 0. The maximum Gasteiger partial charge on any atom is 0.115 e. The molecule has 0 fully saturated rings. The Hall–Kier alpha value is -1.55. The molecule has 2 aromatic carbocycles. The number of aromatic hydroxyl groups is 1. The summed E-state index contributed by atoms with van der Waals surface area (Å²) in [7, 11) is 0. The molecule has 0 unspecified atom stereocenters. The summed E-state index contributed by atoms with van der Waals surface area (Å²) >= 11 is 5.98. The molecule has 4 heteroatoms. The summed E-state index contributed by atoms with van der Waals surface area (Å²) in [4.78, 5) is 0. The van der Waals surface area contributed by atoms with E-state index in [2.05, 4.69) is 5.32 Å². The van der Waals surface area contributed by atoms with Crippen molar-refractivity contribution in [3.05, 3.63) is 64.7 Å². The van der Waals surface area contributed by atoms with Gasteiger partial charge in [0, 0.05) is 11.1 Å². The molecule has 2 atom stereocenters. The average Bonchev–Trinajstić information content (AvgIpc) is 2.44. The molecule has 0 aromatic heterocycles. The molecule has 0 aliphatic rings. The molecule has 0 bridgehead atoms. The van der Waals surface area contributed by atoms with Crippen LogP contribution < -0.4 is 5.32 Å². The molecule has 0 aliphatic carbocycles. The third kappa shape index (κ3) is 3.73. The van der Waals surface area contributed by atoms with Gasteiger partial charge in [-0.05, 0) is 42.3 Å². The zero-order chi connectivity index (χ0) is 14.5. The molecule has 2 aromatic rings. The summed E-state index contributed by atoms with van der Waals surface area (Å²) in [6.45, 7) is 1.96. The molecule has 0 saturated carbocycles. The summed E-state index contributed by atoms with van der Waals surface area (Å²) in [5, 5.41) is 23.1. The van der Waals surface area contributed by atoms with Gasteiger partial charge in [-0.25, -0.2) is 0 Å². The second-order valence-electron chi connectivity index (χ2n) is 4.77. The van der Waals surface area contributed by atoms with E-state index in [1.54, 1.807) is 24.3 Å². The summed E-state index contributed by atoms with van der Waals surface area (Å²) < 4.78 is 0. The minimum absolute atomic E-state index is 0.00164. The van der Waals surface area contributed by atoms with Crippen LogP contribution >= 0.6 is 11.6 Å². The first-order valence-corrected chi connectivity index (χ1v) is 6.89. The van der Waals surface area contributed by atoms with Crippen molar-refractivity contribution >= 4 is 11.6 Å². The molecule has 2 rings (SSSR count). The predicted octanol–water partition coefficient (Wildman–Crippen LogP) is 3.43. The van der Waals surface area contributed by atoms with Crippen molar-refractivity contribution in [2.45, 2.75) is 19.0 Å². The zero-order valence-electron chi connectivity index (χ0n) is 11.3. The third-order valence-electron chi connectivity index (χ3n) is 3.26. The predicted molar refractivity (Wildman–Crippen MR) is 80.9 cm³/mol. The van der Waals surface area contributed by atoms with Crippen LogP contribution in [-0.4, -0.2) is 16.8 Å². The van der Waals surface area contributed by atoms with Crippen molar-refractivity contribution in [2.24, 2.45) is 0 Å². The maximum atomic E-state index is 9.57. The molecule has 20 heavy (non-hydrogen) atoms. The molecule has 3 nitrogen and oxygen atoms in total. The average molecular weight is 292 g/mol. The van der Waals surface area contributed by atoms with Gasteiger partial charge in [-0.2, -0.15) is 0 Å². The lowest BCUT2D eigenvalue weighted by Crippen LogP contribution is -2.27. The molecule has 0 spiro atoms. The molecule has 0 amide bonds. The molecule has 3 N–H and O–H groups in total. The number of rotatable bonds is 5. The minimum Gasteiger partial charge on any atom is -0.508 e. The van der Waals surface area contributed by atoms with E-state index in [1.807, 2.05) is 31.2 Å². The Labute approximate surface area is 123 Å². The number of hydrogen-bond donors (Lipinski definition) is 3. The first-order chi connectivity index (χ1) is 9.60. The highest BCUT2D eigenvalue weighted by Crippen LogP contribution is 2.23. The Kier molecular flexibility index (Phi) is 5.01. The number of aliphatic hydroxyl groups is 1. The van der Waals surface area contributed by atoms with Gasteiger partial charge in [0.2, 0.25) is 0 Å². The number of halogens is 1. The van der Waals surface area contributed by atoms with Crippen molar-refractivity contribution in [3.8, 4) is 5.75 Å². The van der Waals surface area contributed by atoms with E-state index in [9.17, 15) is 10.2 Å². The Morgan fingerprint density at radius 2 is 1.80 bits per heavy atom. The fourth-order valence-electron chi connectivity index (χ4n) is 2.17. The second-order valence-corrected chi connectivity index (χ2v) is 5.21. The van der Waals surface area contributed by atoms with Crippen LogP contribution in [0.3, 0.4) is 0 Å². The number of hydrogen-bond acceptors (Lipinski definition) is 3. The highest BCUT2D eigenvalue weighted by atomic mass is 35.5. The number of benzene rings is 2. The number of phenolic OH excluding ortho intramolecular Hbond substituents is 1. The summed E-state index contributed by atoms with van der Waals surface area (Å²) in [6, 6.07) is 14.3. The van der Waals surface area contributed by atoms with Crippen LogP contribution in [-0.2, 0) is 0 Å². The van der Waals surface area contributed by atoms with Gasteiger partial charge < -0.3 is 15.5 Å². The van der Waals surface area contributed by atoms with Crippen LogP contribution in [0.2, 0.25) is 5.02 Å². The van der Waals surface area contributed by atoms with Crippen molar-refractivity contribution in [1.82, 2.24) is 5.32 Å². The maximum absolute atomic E-state index is 9.57. The van der Waals surface area contributed by atoms with Crippen LogP contribution in [0.1, 0.15) is 30.1 Å². The van der Waals surface area contributed by atoms with Gasteiger partial charge in [-0.15, -0.1) is 0 Å². The van der Waals surface area contributed by atoms with Gasteiger partial charge in [-0.3, -0.25) is 0 Å². The van der Waals surface area contributed by atoms with E-state index in [0.717, 1.165) is 11.1 Å². The van der Waals surface area contributed by atoms with Gasteiger partial charge >= 0.3 is 0 Å². The lowest BCUT2D eigenvalue weighted by Gasteiger charge is -2.22. The minimum atomic E-state index is -0.203. The highest BCUT2D eigenvalue weighted by Gasteiger charge is 2.15. The lowest BCUT2D eigenvalue weighted by atomic mass is 10.0. The molecular weight excluding hydrogens is 274 g/mol. The standard InChI is InChI=1S/C16H18ClNO2/c1-11(12-4-3-7-15(20)9-12)18-16(10-19)13-5-2-6-14(17)8-13/h2-9,11,16,18-20H,10H2,1H3/t11-,16-/m1/s1. The van der Waals surface area contributed by atoms with Crippen LogP contribution in [0.5, 0.6) is 5.75 Å². The van der Waals surface area contributed by atoms with Crippen molar-refractivity contribution in [1.29, 1.82) is 0 Å². The van der Waals surface area contributed by atoms with Crippen molar-refractivity contribution in [3.63, 3.8) is 0 Å². The van der Waals surface area contributed by atoms with E-state index in [1.165, 1.54) is 0 Å². The van der Waals surface area contributed by atoms with Crippen LogP contribution in [0, 0.1) is 0 Å². The number of nitrogens with one attached hydrogen (secondary N) is 1. The Bertz CT molecular complexity index is 574. The lowest BCUT2D eigenvalue weighted by molar-refractivity contribution is 0.235. The normalized spacial score (nSPS) is 13.9. The van der Waals surface area contributed by atoms with E-state index in [0.29, 0.717) is 5.02 Å². The number of aliphatic hydroxyl groups excluding tert-OH is 1. The Morgan fingerprint density at radius 1 is 1.10 bits per heavy atom. The molecular formula is C16H18ClNO2. The molecule has 0 saturated heterocycles. The van der Waals surface area contributed by atoms with E-state index in [4.69, 9.17) is 11.6 Å². The summed E-state index contributed by atoms with van der Waals surface area (Å²) in [5.74, 6) is 0.236. The molecule has 106 valence electrons. The van der Waals surface area contributed by atoms with Gasteiger partial charge in [-0.1, -0.05) is 35.9 Å². The van der Waals surface area contributed by atoms with Gasteiger partial charge in [0.1, 0.15) is 5.75 Å². The van der Waals surface area contributed by atoms with Crippen LogP contribution in [0.15, 0.2) is 48.5 Å². The summed E-state index contributed by atoms with van der Waals surface area (Å²) in [5.41, 5.74) is 1.90. The first-order valence-electron chi connectivity index (χ1n) is 6.51. The topological polar surface area (TPSA) is 52.5 Å². The van der Waals surface area contributed by atoms with E-state index >= 15 is 0 Å². The van der Waals surface area contributed by atoms with Crippen LogP contribution in [0.4, 0.5) is 0 Å². The highest BCUT2D eigenvalue weighted by molar-refractivity contribution is 6.30. The zero-order valence-corrected chi connectivity index (χ0v) is 12.0. The SMILES string of the molecule is C[C@@H](N[C@H](CO)c1cccc(Cl)c1)c1cccc(O)c1. The first kappa shape index (κ1) is 14.9. The fraction of sp³-hybridized carbons (Fsp3) is 0.250. The van der Waals surface area contributed by atoms with Crippen molar-refractivity contribution in [2.75, 3.05) is 6.61 Å². The second kappa shape index (κ2) is 6.75. The quantitative estimate of drug-likeness (QED) is 0.791. The molecule has 0 radical (unpaired) electrons. The van der Waals surface area contributed by atoms with Gasteiger partial charge in [0.25, 0.3) is 0 Å².